The molecule has 0 aromatic carbocycles. The summed E-state index contributed by atoms with van der Waals surface area (Å²) in [5, 5.41) is 11.2. The number of hydrogen-bond acceptors (Lipinski definition) is 10. The van der Waals surface area contributed by atoms with Crippen LogP contribution in [0.3, 0.4) is 0 Å². The molecule has 0 unspecified atom stereocenters. The van der Waals surface area contributed by atoms with Gasteiger partial charge in [-0.05, 0) is 49.5 Å². The Hall–Kier alpha value is -3.50. The van der Waals surface area contributed by atoms with Crippen LogP contribution in [0.2, 0.25) is 0 Å². The van der Waals surface area contributed by atoms with Crippen LogP contribution >= 0.6 is 0 Å². The third kappa shape index (κ3) is 7.89. The van der Waals surface area contributed by atoms with E-state index in [1.54, 1.807) is 18.2 Å². The van der Waals surface area contributed by atoms with E-state index in [4.69, 9.17) is 23.7 Å². The number of ether oxygens (including phenoxy) is 5. The Morgan fingerprint density at radius 2 is 1.72 bits per heavy atom. The highest BCUT2D eigenvalue weighted by Crippen LogP contribution is 2.68. The highest BCUT2D eigenvalue weighted by atomic mass is 16.8. The van der Waals surface area contributed by atoms with Crippen molar-refractivity contribution in [1.82, 2.24) is 0 Å². The lowest BCUT2D eigenvalue weighted by atomic mass is 9.44. The summed E-state index contributed by atoms with van der Waals surface area (Å²) in [7, 11) is 0. The van der Waals surface area contributed by atoms with Gasteiger partial charge in [0.2, 0.25) is 12.6 Å². The van der Waals surface area contributed by atoms with Gasteiger partial charge in [-0.25, -0.2) is 4.79 Å². The van der Waals surface area contributed by atoms with Gasteiger partial charge in [-0.1, -0.05) is 76.6 Å². The molecule has 1 saturated heterocycles. The summed E-state index contributed by atoms with van der Waals surface area (Å²) in [4.78, 5) is 50.9. The fraction of sp³-hybridized carbons (Fsp3) is 0.611. The van der Waals surface area contributed by atoms with Crippen molar-refractivity contribution in [1.29, 1.82) is 0 Å². The van der Waals surface area contributed by atoms with Crippen LogP contribution in [0, 0.1) is 22.7 Å². The van der Waals surface area contributed by atoms with Gasteiger partial charge < -0.3 is 24.1 Å². The van der Waals surface area contributed by atoms with Crippen LogP contribution in [0.1, 0.15) is 86.5 Å². The predicted molar refractivity (Wildman–Crippen MR) is 171 cm³/mol. The van der Waals surface area contributed by atoms with Crippen molar-refractivity contribution >= 4 is 23.9 Å². The van der Waals surface area contributed by atoms with E-state index in [0.29, 0.717) is 12.8 Å². The minimum Gasteiger partial charge on any atom is -0.457 e. The van der Waals surface area contributed by atoms with Crippen LogP contribution in [0.25, 0.3) is 0 Å². The van der Waals surface area contributed by atoms with Crippen molar-refractivity contribution in [3.8, 4) is 0 Å². The first-order chi connectivity index (χ1) is 21.7. The molecule has 10 nitrogen and oxygen atoms in total. The van der Waals surface area contributed by atoms with Gasteiger partial charge in [-0.15, -0.1) is 0 Å². The Morgan fingerprint density at radius 3 is 2.33 bits per heavy atom. The van der Waals surface area contributed by atoms with Crippen molar-refractivity contribution in [2.75, 3.05) is 0 Å². The molecule has 0 radical (unpaired) electrons. The largest absolute Gasteiger partial charge is 0.457 e. The molecule has 0 aromatic heterocycles. The lowest BCUT2D eigenvalue weighted by Gasteiger charge is -2.62. The number of unbranched alkanes of at least 4 members (excludes halogenated alkanes) is 3. The molecule has 3 rings (SSSR count). The van der Waals surface area contributed by atoms with Crippen LogP contribution in [-0.2, 0) is 42.9 Å². The first kappa shape index (κ1) is 37.0. The average molecular weight is 643 g/mol. The van der Waals surface area contributed by atoms with Crippen molar-refractivity contribution in [2.24, 2.45) is 22.7 Å². The highest BCUT2D eigenvalue weighted by Gasteiger charge is 2.75. The molecule has 2 aliphatic carbocycles. The van der Waals surface area contributed by atoms with Crippen LogP contribution in [0.4, 0.5) is 0 Å². The normalized spacial score (nSPS) is 33.5. The lowest BCUT2D eigenvalue weighted by Crippen LogP contribution is -2.69. The van der Waals surface area contributed by atoms with Crippen molar-refractivity contribution in [3.05, 3.63) is 60.8 Å². The van der Waals surface area contributed by atoms with Gasteiger partial charge >= 0.3 is 23.9 Å². The number of hydrogen-bond donors (Lipinski definition) is 1. The Labute approximate surface area is 272 Å². The van der Waals surface area contributed by atoms with E-state index >= 15 is 0 Å². The molecule has 1 N–H and O–H groups in total. The molecule has 0 bridgehead atoms. The minimum atomic E-state index is -1.48. The zero-order valence-electron chi connectivity index (χ0n) is 28.0. The third-order valence-corrected chi connectivity index (χ3v) is 9.73. The van der Waals surface area contributed by atoms with Gasteiger partial charge in [0.05, 0.1) is 6.10 Å². The number of carbonyl (C=O) groups is 4. The number of rotatable bonds is 14. The standard InChI is InChI=1S/C36H50O10/c1-9-11-12-13-14-15-16-17-30(41)45-31-23(4)35(8,19-18-22(3)10-2)29-21-27(40)20-28-33(43-25(6)38)46-34(44-26(7)39)36(28,29)32(31)42-24(5)37/h10,14-17,20,23,27,29,31-34,40H,2-3,9,11-13,18-19,21H2,1,4-8H3/b15-14+,17-16+/t23-,27+,29-,31-,32+,33+,34+,35-,36-/m0/s1. The van der Waals surface area contributed by atoms with E-state index in [0.717, 1.165) is 31.3 Å². The maximum Gasteiger partial charge on any atom is 0.331 e. The summed E-state index contributed by atoms with van der Waals surface area (Å²) in [6.07, 6.45) is 9.25. The molecular weight excluding hydrogens is 592 g/mol. The molecule has 1 saturated carbocycles. The van der Waals surface area contributed by atoms with Crippen LogP contribution < -0.4 is 0 Å². The quantitative estimate of drug-likeness (QED) is 0.0618. The molecule has 1 heterocycles. The minimum absolute atomic E-state index is 0.181. The SMILES string of the molecule is C=CC(=C)CC[C@@]1(C)[C@@H](C)[C@H](OC(=O)/C=C/C=C/CCCCC)[C@@H](OC(C)=O)[C@]23C(=C[C@@H](O)C[C@@H]12)[C@H](OC(C)=O)O[C@H]3OC(C)=O. The highest BCUT2D eigenvalue weighted by molar-refractivity contribution is 5.82. The van der Waals surface area contributed by atoms with E-state index in [1.807, 2.05) is 19.9 Å². The van der Waals surface area contributed by atoms with Gasteiger partial charge in [0, 0.05) is 38.3 Å². The predicted octanol–water partition coefficient (Wildman–Crippen LogP) is 5.80. The number of esters is 4. The molecule has 9 atom stereocenters. The number of aliphatic hydroxyl groups excluding tert-OH is 1. The summed E-state index contributed by atoms with van der Waals surface area (Å²) < 4.78 is 29.7. The summed E-state index contributed by atoms with van der Waals surface area (Å²) in [5.74, 6) is -3.67. The molecule has 10 heteroatoms. The van der Waals surface area contributed by atoms with Crippen molar-refractivity contribution in [3.63, 3.8) is 0 Å². The molecule has 1 aliphatic heterocycles. The second-order valence-corrected chi connectivity index (χ2v) is 12.8. The molecule has 3 aliphatic rings. The average Bonchev–Trinajstić information content (AvgIpc) is 3.26. The fourth-order valence-corrected chi connectivity index (χ4v) is 7.43. The maximum atomic E-state index is 13.4. The zero-order chi connectivity index (χ0) is 34.2. The third-order valence-electron chi connectivity index (χ3n) is 9.73. The summed E-state index contributed by atoms with van der Waals surface area (Å²) in [5.41, 5.74) is -1.15. The molecule has 254 valence electrons. The number of carbonyl (C=O) groups excluding carboxylic acids is 4. The van der Waals surface area contributed by atoms with Crippen molar-refractivity contribution < 1.29 is 48.0 Å². The Morgan fingerprint density at radius 1 is 1.04 bits per heavy atom. The lowest BCUT2D eigenvalue weighted by molar-refractivity contribution is -0.279. The number of allylic oxidation sites excluding steroid dienone is 5. The van der Waals surface area contributed by atoms with E-state index in [2.05, 4.69) is 20.1 Å². The van der Waals surface area contributed by atoms with Gasteiger partial charge in [0.25, 0.3) is 0 Å². The van der Waals surface area contributed by atoms with E-state index in [1.165, 1.54) is 32.9 Å². The van der Waals surface area contributed by atoms with Gasteiger partial charge in [0.15, 0.2) is 6.10 Å². The molecule has 1 spiro atoms. The second kappa shape index (κ2) is 15.9. The van der Waals surface area contributed by atoms with Crippen LogP contribution in [-0.4, -0.2) is 59.9 Å². The second-order valence-electron chi connectivity index (χ2n) is 12.8. The monoisotopic (exact) mass is 642 g/mol. The van der Waals surface area contributed by atoms with Crippen molar-refractivity contribution in [2.45, 2.75) is 117 Å². The van der Waals surface area contributed by atoms with Crippen LogP contribution in [0.5, 0.6) is 0 Å². The topological polar surface area (TPSA) is 135 Å². The fourth-order valence-electron chi connectivity index (χ4n) is 7.43. The van der Waals surface area contributed by atoms with Gasteiger partial charge in [-0.2, -0.15) is 0 Å². The molecule has 0 aromatic rings. The Kier molecular flexibility index (Phi) is 12.7. The first-order valence-electron chi connectivity index (χ1n) is 16.1. The zero-order valence-corrected chi connectivity index (χ0v) is 28.0. The molecule has 0 amide bonds. The van der Waals surface area contributed by atoms with Crippen LogP contribution in [0.15, 0.2) is 60.8 Å². The van der Waals surface area contributed by atoms with E-state index < -0.39 is 77.4 Å². The van der Waals surface area contributed by atoms with Gasteiger partial charge in [0.1, 0.15) is 11.5 Å². The Bertz CT molecular complexity index is 1260. The maximum absolute atomic E-state index is 13.4. The smallest absolute Gasteiger partial charge is 0.331 e. The van der Waals surface area contributed by atoms with E-state index in [9.17, 15) is 24.3 Å². The van der Waals surface area contributed by atoms with Gasteiger partial charge in [-0.3, -0.25) is 19.1 Å². The molecule has 46 heavy (non-hydrogen) atoms. The summed E-state index contributed by atoms with van der Waals surface area (Å²) in [6, 6.07) is 0. The van der Waals surface area contributed by atoms with E-state index in [-0.39, 0.29) is 12.0 Å². The Balaban J connectivity index is 2.21. The summed E-state index contributed by atoms with van der Waals surface area (Å²) >= 11 is 0. The summed E-state index contributed by atoms with van der Waals surface area (Å²) in [6.45, 7) is 17.6. The molecular formula is C36H50O10. The molecule has 2 fully saturated rings. The number of aliphatic hydroxyl groups is 1. The first-order valence-corrected chi connectivity index (χ1v) is 16.1.